The summed E-state index contributed by atoms with van der Waals surface area (Å²) in [6, 6.07) is 0. The van der Waals surface area contributed by atoms with Crippen LogP contribution in [-0.2, 0) is 10.5 Å². The van der Waals surface area contributed by atoms with Gasteiger partial charge in [0.1, 0.15) is 15.7 Å². The Bertz CT molecular complexity index is 1040. The Balaban J connectivity index is 1.64. The molecule has 1 amide bonds. The fraction of sp³-hybridized carbons (Fsp3) is 0.471. The van der Waals surface area contributed by atoms with Gasteiger partial charge in [-0.15, -0.1) is 33.3 Å². The average molecular weight is 424 g/mol. The number of nitrogens with zero attached hydrogens (tertiary/aromatic N) is 3. The van der Waals surface area contributed by atoms with Crippen LogP contribution < -0.4 is 10.9 Å². The zero-order valence-corrected chi connectivity index (χ0v) is 18.2. The van der Waals surface area contributed by atoms with Crippen LogP contribution in [0, 0.1) is 13.8 Å². The first-order valence-electron chi connectivity index (χ1n) is 8.51. The van der Waals surface area contributed by atoms with Crippen molar-refractivity contribution in [2.24, 2.45) is 0 Å². The molecule has 10 heteroatoms. The summed E-state index contributed by atoms with van der Waals surface area (Å²) in [4.78, 5) is 33.9. The van der Waals surface area contributed by atoms with Gasteiger partial charge in [0.05, 0.1) is 16.4 Å². The summed E-state index contributed by atoms with van der Waals surface area (Å²) < 4.78 is 0. The van der Waals surface area contributed by atoms with Crippen LogP contribution in [0.15, 0.2) is 4.79 Å². The van der Waals surface area contributed by atoms with Crippen LogP contribution >= 0.6 is 34.4 Å². The van der Waals surface area contributed by atoms with E-state index in [1.165, 1.54) is 34.4 Å². The molecule has 0 spiro atoms. The molecule has 27 heavy (non-hydrogen) atoms. The van der Waals surface area contributed by atoms with E-state index >= 15 is 0 Å². The summed E-state index contributed by atoms with van der Waals surface area (Å²) in [5.74, 6) is 1.17. The third kappa shape index (κ3) is 4.39. The molecule has 0 radical (unpaired) electrons. The van der Waals surface area contributed by atoms with E-state index in [1.807, 2.05) is 34.6 Å². The van der Waals surface area contributed by atoms with Crippen LogP contribution in [0.3, 0.4) is 0 Å². The molecule has 0 aliphatic rings. The summed E-state index contributed by atoms with van der Waals surface area (Å²) in [6.45, 7) is 9.81. The summed E-state index contributed by atoms with van der Waals surface area (Å²) in [5, 5.41) is 12.6. The van der Waals surface area contributed by atoms with Gasteiger partial charge in [-0.2, -0.15) is 0 Å². The SMILES string of the molecule is Cc1sc2nc(CSC(C)C(=O)Nc3nnc(C(C)C)s3)[nH]c(=O)c2c1C. The molecule has 0 aliphatic heterocycles. The number of hydrogen-bond donors (Lipinski definition) is 2. The standard InChI is InChI=1S/C17H21N5O2S3/c1-7(2)15-21-22-17(27-15)20-13(23)10(5)25-6-11-18-14(24)12-8(3)9(4)26-16(12)19-11/h7,10H,6H2,1-5H3,(H,18,19,24)(H,20,22,23). The number of carbonyl (C=O) groups excluding carboxylic acids is 1. The number of amides is 1. The molecular weight excluding hydrogens is 402 g/mol. The third-order valence-electron chi connectivity index (χ3n) is 4.09. The predicted octanol–water partition coefficient (Wildman–Crippen LogP) is 3.84. The van der Waals surface area contributed by atoms with E-state index in [1.54, 1.807) is 0 Å². The van der Waals surface area contributed by atoms with Crippen LogP contribution in [-0.4, -0.2) is 31.3 Å². The molecule has 1 atom stereocenters. The minimum absolute atomic E-state index is 0.121. The van der Waals surface area contributed by atoms with Crippen molar-refractivity contribution in [3.05, 3.63) is 31.6 Å². The normalized spacial score (nSPS) is 12.7. The van der Waals surface area contributed by atoms with Crippen molar-refractivity contribution >= 4 is 55.7 Å². The van der Waals surface area contributed by atoms with E-state index in [0.717, 1.165) is 20.3 Å². The maximum atomic E-state index is 12.4. The number of thioether (sulfide) groups is 1. The Morgan fingerprint density at radius 2 is 1.96 bits per heavy atom. The first-order chi connectivity index (χ1) is 12.8. The summed E-state index contributed by atoms with van der Waals surface area (Å²) in [7, 11) is 0. The summed E-state index contributed by atoms with van der Waals surface area (Å²) in [5.41, 5.74) is 0.859. The van der Waals surface area contributed by atoms with E-state index in [9.17, 15) is 9.59 Å². The number of H-pyrrole nitrogens is 1. The molecule has 3 aromatic rings. The van der Waals surface area contributed by atoms with Gasteiger partial charge in [-0.05, 0) is 26.3 Å². The highest BCUT2D eigenvalue weighted by Crippen LogP contribution is 2.27. The Kier molecular flexibility index (Phi) is 5.97. The zero-order valence-electron chi connectivity index (χ0n) is 15.7. The largest absolute Gasteiger partial charge is 0.309 e. The van der Waals surface area contributed by atoms with Crippen molar-refractivity contribution in [2.75, 3.05) is 5.32 Å². The van der Waals surface area contributed by atoms with Crippen molar-refractivity contribution in [3.8, 4) is 0 Å². The smallest absolute Gasteiger partial charge is 0.259 e. The van der Waals surface area contributed by atoms with Crippen LogP contribution in [0.1, 0.15) is 48.0 Å². The number of thiophene rings is 1. The summed E-state index contributed by atoms with van der Waals surface area (Å²) in [6.07, 6.45) is 0. The molecule has 0 fully saturated rings. The van der Waals surface area contributed by atoms with Gasteiger partial charge < -0.3 is 4.98 Å². The van der Waals surface area contributed by atoms with E-state index in [2.05, 4.69) is 25.5 Å². The van der Waals surface area contributed by atoms with E-state index < -0.39 is 0 Å². The van der Waals surface area contributed by atoms with Gasteiger partial charge in [-0.1, -0.05) is 25.2 Å². The minimum Gasteiger partial charge on any atom is -0.309 e. The van der Waals surface area contributed by atoms with Gasteiger partial charge >= 0.3 is 0 Å². The van der Waals surface area contributed by atoms with Crippen molar-refractivity contribution in [2.45, 2.75) is 51.5 Å². The topological polar surface area (TPSA) is 101 Å². The van der Waals surface area contributed by atoms with Gasteiger partial charge in [0.2, 0.25) is 11.0 Å². The lowest BCUT2D eigenvalue weighted by atomic mass is 10.2. The second kappa shape index (κ2) is 8.07. The number of nitrogens with one attached hydrogen (secondary N) is 2. The molecule has 0 aliphatic carbocycles. The lowest BCUT2D eigenvalue weighted by Gasteiger charge is -2.09. The highest BCUT2D eigenvalue weighted by Gasteiger charge is 2.18. The first-order valence-corrected chi connectivity index (χ1v) is 11.2. The predicted molar refractivity (Wildman–Crippen MR) is 113 cm³/mol. The summed E-state index contributed by atoms with van der Waals surface area (Å²) >= 11 is 4.32. The van der Waals surface area contributed by atoms with Crippen molar-refractivity contribution in [1.29, 1.82) is 0 Å². The highest BCUT2D eigenvalue weighted by molar-refractivity contribution is 7.99. The van der Waals surface area contributed by atoms with Gasteiger partial charge in [-0.3, -0.25) is 14.9 Å². The molecule has 3 aromatic heterocycles. The van der Waals surface area contributed by atoms with Crippen molar-refractivity contribution in [3.63, 3.8) is 0 Å². The third-order valence-corrected chi connectivity index (χ3v) is 7.49. The second-order valence-electron chi connectivity index (χ2n) is 6.52. The molecule has 0 saturated heterocycles. The fourth-order valence-electron chi connectivity index (χ4n) is 2.37. The maximum Gasteiger partial charge on any atom is 0.259 e. The van der Waals surface area contributed by atoms with Gasteiger partial charge in [0, 0.05) is 10.8 Å². The van der Waals surface area contributed by atoms with Crippen LogP contribution in [0.4, 0.5) is 5.13 Å². The molecule has 0 saturated carbocycles. The average Bonchev–Trinajstić information content (AvgIpc) is 3.18. The minimum atomic E-state index is -0.316. The van der Waals surface area contributed by atoms with Crippen molar-refractivity contribution in [1.82, 2.24) is 20.2 Å². The van der Waals surface area contributed by atoms with Gasteiger partial charge in [0.25, 0.3) is 5.56 Å². The number of carbonyl (C=O) groups is 1. The number of anilines is 1. The number of aromatic nitrogens is 4. The molecule has 144 valence electrons. The number of aryl methyl sites for hydroxylation is 2. The van der Waals surface area contributed by atoms with Gasteiger partial charge in [-0.25, -0.2) is 4.98 Å². The lowest BCUT2D eigenvalue weighted by Crippen LogP contribution is -2.23. The fourth-order valence-corrected chi connectivity index (χ4v) is 4.93. The van der Waals surface area contributed by atoms with E-state index in [0.29, 0.717) is 22.1 Å². The van der Waals surface area contributed by atoms with Crippen LogP contribution in [0.5, 0.6) is 0 Å². The molecular formula is C17H21N5O2S3. The Labute approximate surface area is 169 Å². The lowest BCUT2D eigenvalue weighted by molar-refractivity contribution is -0.115. The van der Waals surface area contributed by atoms with E-state index in [-0.39, 0.29) is 22.6 Å². The van der Waals surface area contributed by atoms with Crippen LogP contribution in [0.25, 0.3) is 10.2 Å². The molecule has 0 bridgehead atoms. The molecule has 1 unspecified atom stereocenters. The van der Waals surface area contributed by atoms with Crippen LogP contribution in [0.2, 0.25) is 0 Å². The Morgan fingerprint density at radius 1 is 1.22 bits per heavy atom. The molecule has 0 aromatic carbocycles. The van der Waals surface area contributed by atoms with Crippen molar-refractivity contribution < 1.29 is 4.79 Å². The number of aromatic amines is 1. The Hall–Kier alpha value is -1.78. The molecule has 2 N–H and O–H groups in total. The molecule has 3 rings (SSSR count). The number of hydrogen-bond acceptors (Lipinski definition) is 8. The molecule has 7 nitrogen and oxygen atoms in total. The second-order valence-corrected chi connectivity index (χ2v) is 10.1. The monoisotopic (exact) mass is 423 g/mol. The maximum absolute atomic E-state index is 12.4. The number of fused-ring (bicyclic) bond motifs is 1. The molecule has 3 heterocycles. The van der Waals surface area contributed by atoms with Gasteiger partial charge in [0.15, 0.2) is 0 Å². The highest BCUT2D eigenvalue weighted by atomic mass is 32.2. The Morgan fingerprint density at radius 3 is 2.63 bits per heavy atom. The zero-order chi connectivity index (χ0) is 19.7. The quantitative estimate of drug-likeness (QED) is 0.625. The van der Waals surface area contributed by atoms with E-state index in [4.69, 9.17) is 0 Å². The first kappa shape index (κ1) is 20.0. The number of rotatable bonds is 6.